The van der Waals surface area contributed by atoms with Gasteiger partial charge in [0.15, 0.2) is 0 Å². The highest BCUT2D eigenvalue weighted by molar-refractivity contribution is 7.98. The van der Waals surface area contributed by atoms with Gasteiger partial charge in [0.05, 0.1) is 0 Å². The van der Waals surface area contributed by atoms with Gasteiger partial charge in [-0.2, -0.15) is 12.6 Å². The molecule has 0 N–H and O–H groups in total. The number of thioether (sulfide) groups is 1. The maximum atomic E-state index is 11.5. The van der Waals surface area contributed by atoms with Gasteiger partial charge < -0.3 is 4.90 Å². The molecule has 0 aliphatic heterocycles. The van der Waals surface area contributed by atoms with Crippen molar-refractivity contribution in [3.05, 3.63) is 29.8 Å². The van der Waals surface area contributed by atoms with Crippen LogP contribution >= 0.6 is 24.4 Å². The van der Waals surface area contributed by atoms with Gasteiger partial charge in [-0.1, -0.05) is 12.1 Å². The van der Waals surface area contributed by atoms with Gasteiger partial charge in [0.25, 0.3) is 0 Å². The van der Waals surface area contributed by atoms with Gasteiger partial charge in [-0.05, 0) is 36.1 Å². The molecule has 0 saturated heterocycles. The average Bonchev–Trinajstić information content (AvgIpc) is 2.36. The van der Waals surface area contributed by atoms with E-state index in [4.69, 9.17) is 0 Å². The molecule has 17 heavy (non-hydrogen) atoms. The molecule has 0 fully saturated rings. The Hall–Kier alpha value is -0.610. The number of amides is 1. The van der Waals surface area contributed by atoms with Crippen molar-refractivity contribution in [3.8, 4) is 0 Å². The van der Waals surface area contributed by atoms with Crippen LogP contribution in [0.4, 0.5) is 0 Å². The van der Waals surface area contributed by atoms with Gasteiger partial charge in [0.2, 0.25) is 5.91 Å². The highest BCUT2D eigenvalue weighted by atomic mass is 32.2. The predicted molar refractivity (Wildman–Crippen MR) is 78.0 cm³/mol. The first-order valence-electron chi connectivity index (χ1n) is 5.65. The first-order valence-corrected chi connectivity index (χ1v) is 7.51. The molecule has 0 unspecified atom stereocenters. The second-order valence-corrected chi connectivity index (χ2v) is 5.21. The number of rotatable bonds is 6. The molecule has 0 radical (unpaired) electrons. The van der Waals surface area contributed by atoms with Crippen LogP contribution in [-0.2, 0) is 11.2 Å². The normalized spacial score (nSPS) is 10.3. The standard InChI is InChI=1S/C13H19NOS2/c1-14(13(15)8-10-16)9-7-11-3-5-12(17-2)6-4-11/h3-6,16H,7-10H2,1-2H3. The molecular formula is C13H19NOS2. The van der Waals surface area contributed by atoms with Crippen LogP contribution in [0.1, 0.15) is 12.0 Å². The molecule has 1 aromatic carbocycles. The summed E-state index contributed by atoms with van der Waals surface area (Å²) >= 11 is 5.81. The maximum absolute atomic E-state index is 11.5. The minimum Gasteiger partial charge on any atom is -0.345 e. The molecule has 0 saturated carbocycles. The van der Waals surface area contributed by atoms with E-state index in [1.54, 1.807) is 16.7 Å². The summed E-state index contributed by atoms with van der Waals surface area (Å²) in [4.78, 5) is 14.6. The lowest BCUT2D eigenvalue weighted by molar-refractivity contribution is -0.129. The van der Waals surface area contributed by atoms with Crippen LogP contribution in [0, 0.1) is 0 Å². The maximum Gasteiger partial charge on any atom is 0.223 e. The summed E-state index contributed by atoms with van der Waals surface area (Å²) in [6.45, 7) is 0.769. The van der Waals surface area contributed by atoms with Gasteiger partial charge in [0.1, 0.15) is 0 Å². The van der Waals surface area contributed by atoms with Crippen LogP contribution < -0.4 is 0 Å². The molecule has 0 aliphatic carbocycles. The van der Waals surface area contributed by atoms with Crippen molar-refractivity contribution < 1.29 is 4.79 Å². The number of carbonyl (C=O) groups excluding carboxylic acids is 1. The van der Waals surface area contributed by atoms with E-state index in [-0.39, 0.29) is 5.91 Å². The fourth-order valence-electron chi connectivity index (χ4n) is 1.50. The van der Waals surface area contributed by atoms with Crippen LogP contribution in [0.2, 0.25) is 0 Å². The third-order valence-corrected chi connectivity index (χ3v) is 3.61. The van der Waals surface area contributed by atoms with Gasteiger partial charge >= 0.3 is 0 Å². The van der Waals surface area contributed by atoms with E-state index < -0.39 is 0 Å². The van der Waals surface area contributed by atoms with Crippen molar-refractivity contribution in [2.24, 2.45) is 0 Å². The second kappa shape index (κ2) is 7.67. The zero-order valence-electron chi connectivity index (χ0n) is 10.3. The van der Waals surface area contributed by atoms with E-state index in [0.29, 0.717) is 12.2 Å². The lowest BCUT2D eigenvalue weighted by atomic mass is 10.1. The van der Waals surface area contributed by atoms with Crippen LogP contribution in [0.3, 0.4) is 0 Å². The molecule has 4 heteroatoms. The van der Waals surface area contributed by atoms with Crippen molar-refractivity contribution in [2.45, 2.75) is 17.7 Å². The molecule has 0 spiro atoms. The Morgan fingerprint density at radius 3 is 2.53 bits per heavy atom. The third kappa shape index (κ3) is 5.04. The lowest BCUT2D eigenvalue weighted by Crippen LogP contribution is -2.28. The summed E-state index contributed by atoms with van der Waals surface area (Å²) in [6, 6.07) is 8.50. The van der Waals surface area contributed by atoms with Crippen LogP contribution in [0.5, 0.6) is 0 Å². The number of likely N-dealkylation sites (N-methyl/N-ethyl adjacent to an activating group) is 1. The molecule has 0 heterocycles. The number of carbonyl (C=O) groups is 1. The van der Waals surface area contributed by atoms with Gasteiger partial charge in [-0.15, -0.1) is 11.8 Å². The van der Waals surface area contributed by atoms with Crippen LogP contribution in [-0.4, -0.2) is 36.4 Å². The number of benzene rings is 1. The van der Waals surface area contributed by atoms with Crippen molar-refractivity contribution >= 4 is 30.3 Å². The smallest absolute Gasteiger partial charge is 0.223 e. The Balaban J connectivity index is 2.41. The van der Waals surface area contributed by atoms with Gasteiger partial charge in [0, 0.05) is 24.9 Å². The quantitative estimate of drug-likeness (QED) is 0.633. The number of thiol groups is 1. The van der Waals surface area contributed by atoms with Crippen LogP contribution in [0.25, 0.3) is 0 Å². The highest BCUT2D eigenvalue weighted by Crippen LogP contribution is 2.15. The largest absolute Gasteiger partial charge is 0.345 e. The molecule has 0 aliphatic rings. The van der Waals surface area contributed by atoms with Crippen LogP contribution in [0.15, 0.2) is 29.2 Å². The lowest BCUT2D eigenvalue weighted by Gasteiger charge is -2.16. The summed E-state index contributed by atoms with van der Waals surface area (Å²) in [5, 5.41) is 0. The zero-order valence-corrected chi connectivity index (χ0v) is 12.1. The highest BCUT2D eigenvalue weighted by Gasteiger charge is 2.06. The summed E-state index contributed by atoms with van der Waals surface area (Å²) in [7, 11) is 1.85. The minimum atomic E-state index is 0.167. The van der Waals surface area contributed by atoms with Gasteiger partial charge in [-0.3, -0.25) is 4.79 Å². The fourth-order valence-corrected chi connectivity index (χ4v) is 2.10. The molecule has 94 valence electrons. The van der Waals surface area contributed by atoms with Crippen molar-refractivity contribution in [2.75, 3.05) is 25.6 Å². The van der Waals surface area contributed by atoms with E-state index in [1.165, 1.54) is 10.5 Å². The molecule has 0 atom stereocenters. The van der Waals surface area contributed by atoms with Crippen molar-refractivity contribution in [3.63, 3.8) is 0 Å². The molecule has 1 aromatic rings. The Morgan fingerprint density at radius 2 is 2.00 bits per heavy atom. The van der Waals surface area contributed by atoms with E-state index in [1.807, 2.05) is 7.05 Å². The number of hydrogen-bond donors (Lipinski definition) is 1. The first kappa shape index (κ1) is 14.5. The minimum absolute atomic E-state index is 0.167. The molecule has 2 nitrogen and oxygen atoms in total. The average molecular weight is 269 g/mol. The molecule has 1 rings (SSSR count). The molecule has 0 aromatic heterocycles. The molecule has 0 bridgehead atoms. The summed E-state index contributed by atoms with van der Waals surface area (Å²) in [5.41, 5.74) is 1.27. The summed E-state index contributed by atoms with van der Waals surface area (Å²) in [6.07, 6.45) is 3.49. The number of nitrogens with zero attached hydrogens (tertiary/aromatic N) is 1. The second-order valence-electron chi connectivity index (χ2n) is 3.89. The zero-order chi connectivity index (χ0) is 12.7. The third-order valence-electron chi connectivity index (χ3n) is 2.65. The SMILES string of the molecule is CSc1ccc(CCN(C)C(=O)CCS)cc1. The summed E-state index contributed by atoms with van der Waals surface area (Å²) in [5.74, 6) is 0.784. The predicted octanol–water partition coefficient (Wildman–Crippen LogP) is 2.73. The van der Waals surface area contributed by atoms with E-state index >= 15 is 0 Å². The Bertz CT molecular complexity index is 351. The Kier molecular flexibility index (Phi) is 6.52. The monoisotopic (exact) mass is 269 g/mol. The topological polar surface area (TPSA) is 20.3 Å². The number of hydrogen-bond acceptors (Lipinski definition) is 3. The van der Waals surface area contributed by atoms with Crippen molar-refractivity contribution in [1.82, 2.24) is 4.90 Å². The Labute approximate surface area is 113 Å². The fraction of sp³-hybridized carbons (Fsp3) is 0.462. The molecular weight excluding hydrogens is 250 g/mol. The Morgan fingerprint density at radius 1 is 1.35 bits per heavy atom. The van der Waals surface area contributed by atoms with E-state index in [2.05, 4.69) is 43.2 Å². The first-order chi connectivity index (χ1) is 8.17. The molecule has 1 amide bonds. The van der Waals surface area contributed by atoms with E-state index in [9.17, 15) is 4.79 Å². The van der Waals surface area contributed by atoms with Crippen molar-refractivity contribution in [1.29, 1.82) is 0 Å². The van der Waals surface area contributed by atoms with Gasteiger partial charge in [-0.25, -0.2) is 0 Å². The summed E-state index contributed by atoms with van der Waals surface area (Å²) < 4.78 is 0. The van der Waals surface area contributed by atoms with E-state index in [0.717, 1.165) is 13.0 Å².